The minimum absolute atomic E-state index is 0.0126. The molecule has 3 atom stereocenters. The van der Waals surface area contributed by atoms with Gasteiger partial charge in [-0.1, -0.05) is 5.16 Å². The van der Waals surface area contributed by atoms with Crippen molar-refractivity contribution in [2.24, 2.45) is 5.92 Å². The van der Waals surface area contributed by atoms with Crippen molar-refractivity contribution in [3.05, 3.63) is 45.7 Å². The second-order valence-electron chi connectivity index (χ2n) is 7.95. The minimum atomic E-state index is -0.839. The number of aryl methyl sites for hydroxylation is 2. The van der Waals surface area contributed by atoms with Crippen LogP contribution in [0.2, 0.25) is 0 Å². The largest absolute Gasteiger partial charge is 0.361 e. The Morgan fingerprint density at radius 1 is 1.38 bits per heavy atom. The summed E-state index contributed by atoms with van der Waals surface area (Å²) in [5.74, 6) is -1.05. The minimum Gasteiger partial charge on any atom is -0.361 e. The molecule has 2 aromatic heterocycles. The third kappa shape index (κ3) is 4.12. The zero-order valence-electron chi connectivity index (χ0n) is 17.4. The number of amides is 3. The van der Waals surface area contributed by atoms with Gasteiger partial charge in [0.1, 0.15) is 23.5 Å². The van der Waals surface area contributed by atoms with Gasteiger partial charge in [0.2, 0.25) is 11.8 Å². The van der Waals surface area contributed by atoms with Gasteiger partial charge in [-0.25, -0.2) is 0 Å². The van der Waals surface area contributed by atoms with Gasteiger partial charge in [0.05, 0.1) is 6.07 Å². The summed E-state index contributed by atoms with van der Waals surface area (Å²) in [6.45, 7) is 2.20. The molecule has 3 N–H and O–H groups in total. The highest BCUT2D eigenvalue weighted by atomic mass is 16.5. The molecule has 166 valence electrons. The average Bonchev–Trinajstić information content (AvgIpc) is 3.50. The monoisotopic (exact) mass is 438 g/mol. The Labute approximate surface area is 182 Å². The second-order valence-corrected chi connectivity index (χ2v) is 7.95. The Morgan fingerprint density at radius 3 is 2.84 bits per heavy atom. The first-order valence-corrected chi connectivity index (χ1v) is 10.3. The molecule has 2 aliphatic rings. The van der Waals surface area contributed by atoms with Gasteiger partial charge in [0.25, 0.3) is 11.5 Å². The SMILES string of the molecule is Cc1cc(C(=O)Nc2ccc3n(c2=O)[C@H](C(=O)N[C@H](C#N)C[C@@H]2CCNC2=O)CC3)no1. The summed E-state index contributed by atoms with van der Waals surface area (Å²) in [5.41, 5.74) is 0.194. The molecule has 1 fully saturated rings. The number of rotatable bonds is 6. The van der Waals surface area contributed by atoms with Crippen molar-refractivity contribution in [1.29, 1.82) is 5.26 Å². The fraction of sp³-hybridized carbons (Fsp3) is 0.429. The van der Waals surface area contributed by atoms with Gasteiger partial charge in [-0.15, -0.1) is 0 Å². The van der Waals surface area contributed by atoms with Crippen molar-refractivity contribution in [2.75, 3.05) is 11.9 Å². The molecular formula is C21H22N6O5. The van der Waals surface area contributed by atoms with Crippen LogP contribution in [0.25, 0.3) is 0 Å². The van der Waals surface area contributed by atoms with E-state index >= 15 is 0 Å². The Hall–Kier alpha value is -3.94. The van der Waals surface area contributed by atoms with Crippen LogP contribution in [-0.4, -0.2) is 40.0 Å². The van der Waals surface area contributed by atoms with Gasteiger partial charge >= 0.3 is 0 Å². The number of pyridine rings is 1. The van der Waals surface area contributed by atoms with Gasteiger partial charge in [-0.2, -0.15) is 5.26 Å². The molecule has 0 bridgehead atoms. The lowest BCUT2D eigenvalue weighted by Gasteiger charge is -2.19. The molecule has 0 saturated carbocycles. The van der Waals surface area contributed by atoms with Crippen LogP contribution in [0.5, 0.6) is 0 Å². The predicted octanol–water partition coefficient (Wildman–Crippen LogP) is 0.419. The molecule has 3 amide bonds. The van der Waals surface area contributed by atoms with Gasteiger partial charge in [0.15, 0.2) is 5.69 Å². The summed E-state index contributed by atoms with van der Waals surface area (Å²) in [4.78, 5) is 50.1. The van der Waals surface area contributed by atoms with E-state index in [2.05, 4.69) is 21.1 Å². The first kappa shape index (κ1) is 21.3. The van der Waals surface area contributed by atoms with E-state index in [1.54, 1.807) is 13.0 Å². The summed E-state index contributed by atoms with van der Waals surface area (Å²) >= 11 is 0. The molecule has 11 nitrogen and oxygen atoms in total. The number of nitriles is 1. The van der Waals surface area contributed by atoms with Crippen LogP contribution in [0.4, 0.5) is 5.69 Å². The molecule has 0 spiro atoms. The number of nitrogens with one attached hydrogen (secondary N) is 3. The predicted molar refractivity (Wildman–Crippen MR) is 111 cm³/mol. The van der Waals surface area contributed by atoms with E-state index in [1.165, 1.54) is 16.7 Å². The summed E-state index contributed by atoms with van der Waals surface area (Å²) in [6.07, 6.45) is 1.73. The van der Waals surface area contributed by atoms with E-state index in [9.17, 15) is 24.4 Å². The summed E-state index contributed by atoms with van der Waals surface area (Å²) in [5, 5.41) is 21.0. The van der Waals surface area contributed by atoms with Crippen molar-refractivity contribution in [3.63, 3.8) is 0 Å². The number of fused-ring (bicyclic) bond motifs is 1. The number of anilines is 1. The Morgan fingerprint density at radius 2 is 2.19 bits per heavy atom. The molecular weight excluding hydrogens is 416 g/mol. The molecule has 4 rings (SSSR count). The van der Waals surface area contributed by atoms with Crippen LogP contribution >= 0.6 is 0 Å². The topological polar surface area (TPSA) is 159 Å². The maximum atomic E-state index is 13.0. The Balaban J connectivity index is 1.49. The van der Waals surface area contributed by atoms with Crippen LogP contribution in [-0.2, 0) is 16.0 Å². The van der Waals surface area contributed by atoms with Gasteiger partial charge in [-0.05, 0) is 44.7 Å². The maximum Gasteiger partial charge on any atom is 0.278 e. The third-order valence-corrected chi connectivity index (χ3v) is 5.75. The summed E-state index contributed by atoms with van der Waals surface area (Å²) in [7, 11) is 0. The lowest BCUT2D eigenvalue weighted by Crippen LogP contribution is -2.42. The third-order valence-electron chi connectivity index (χ3n) is 5.75. The molecule has 0 unspecified atom stereocenters. The van der Waals surface area contributed by atoms with Gasteiger partial charge < -0.3 is 20.5 Å². The van der Waals surface area contributed by atoms with Crippen molar-refractivity contribution >= 4 is 23.4 Å². The lowest BCUT2D eigenvalue weighted by atomic mass is 9.99. The quantitative estimate of drug-likeness (QED) is 0.589. The molecule has 4 heterocycles. The van der Waals surface area contributed by atoms with Crippen molar-refractivity contribution < 1.29 is 18.9 Å². The average molecular weight is 438 g/mol. The molecule has 32 heavy (non-hydrogen) atoms. The van der Waals surface area contributed by atoms with Crippen LogP contribution in [0.15, 0.2) is 27.5 Å². The van der Waals surface area contributed by atoms with Crippen molar-refractivity contribution in [1.82, 2.24) is 20.4 Å². The number of hydrogen-bond donors (Lipinski definition) is 3. The number of carbonyl (C=O) groups excluding carboxylic acids is 3. The van der Waals surface area contributed by atoms with E-state index in [-0.39, 0.29) is 29.6 Å². The fourth-order valence-corrected chi connectivity index (χ4v) is 4.12. The van der Waals surface area contributed by atoms with E-state index < -0.39 is 29.5 Å². The molecule has 2 aromatic rings. The maximum absolute atomic E-state index is 13.0. The number of carbonyl (C=O) groups is 3. The standard InChI is InChI=1S/C21H22N6O5/c1-11-8-16(26-32-11)19(29)25-15-4-2-14-3-5-17(27(14)21(15)31)20(30)24-13(10-22)9-12-6-7-23-18(12)28/h2,4,8,12-13,17H,3,5-7,9H2,1H3,(H,23,28)(H,24,30)(H,25,29)/t12-,13-,17-/m0/s1. The van der Waals surface area contributed by atoms with Gasteiger partial charge in [-0.3, -0.25) is 23.7 Å². The van der Waals surface area contributed by atoms with Gasteiger partial charge in [0, 0.05) is 24.2 Å². The first-order valence-electron chi connectivity index (χ1n) is 10.3. The van der Waals surface area contributed by atoms with Crippen LogP contribution in [0.1, 0.15) is 47.2 Å². The Bertz CT molecular complexity index is 1180. The van der Waals surface area contributed by atoms with Crippen LogP contribution in [0.3, 0.4) is 0 Å². The highest BCUT2D eigenvalue weighted by Crippen LogP contribution is 2.26. The smallest absolute Gasteiger partial charge is 0.278 e. The Kier molecular flexibility index (Phi) is 5.77. The molecule has 1 saturated heterocycles. The highest BCUT2D eigenvalue weighted by Gasteiger charge is 2.33. The van der Waals surface area contributed by atoms with E-state index in [0.717, 1.165) is 0 Å². The van der Waals surface area contributed by atoms with Crippen molar-refractivity contribution in [2.45, 2.75) is 44.7 Å². The number of nitrogens with zero attached hydrogens (tertiary/aromatic N) is 3. The normalized spacial score (nSPS) is 20.2. The van der Waals surface area contributed by atoms with Crippen LogP contribution < -0.4 is 21.5 Å². The second kappa shape index (κ2) is 8.66. The molecule has 11 heteroatoms. The zero-order valence-corrected chi connectivity index (χ0v) is 17.4. The van der Waals surface area contributed by atoms with Crippen LogP contribution in [0, 0.1) is 24.2 Å². The van der Waals surface area contributed by atoms with E-state index in [1.807, 2.05) is 6.07 Å². The highest BCUT2D eigenvalue weighted by molar-refractivity contribution is 6.02. The molecule has 0 radical (unpaired) electrons. The summed E-state index contributed by atoms with van der Waals surface area (Å²) in [6, 6.07) is 5.01. The van der Waals surface area contributed by atoms with E-state index in [0.29, 0.717) is 37.3 Å². The number of hydrogen-bond acceptors (Lipinski definition) is 7. The zero-order chi connectivity index (χ0) is 22.8. The molecule has 0 aromatic carbocycles. The molecule has 2 aliphatic heterocycles. The van der Waals surface area contributed by atoms with E-state index in [4.69, 9.17) is 4.52 Å². The molecule has 0 aliphatic carbocycles. The lowest BCUT2D eigenvalue weighted by molar-refractivity contribution is -0.126. The first-order chi connectivity index (χ1) is 15.4. The number of aromatic nitrogens is 2. The van der Waals surface area contributed by atoms with Crippen molar-refractivity contribution in [3.8, 4) is 6.07 Å². The fourth-order valence-electron chi connectivity index (χ4n) is 4.12. The summed E-state index contributed by atoms with van der Waals surface area (Å²) < 4.78 is 6.22.